The average molecular weight is 364 g/mol. The van der Waals surface area contributed by atoms with Crippen LogP contribution in [0.2, 0.25) is 0 Å². The summed E-state index contributed by atoms with van der Waals surface area (Å²) < 4.78 is 21.6. The molecule has 5 atom stereocenters. The van der Waals surface area contributed by atoms with E-state index in [1.807, 2.05) is 0 Å². The lowest BCUT2D eigenvalue weighted by atomic mass is 9.99. The molecule has 1 aliphatic rings. The lowest BCUT2D eigenvalue weighted by Gasteiger charge is -2.39. The molecule has 1 aromatic carbocycles. The first kappa shape index (κ1) is 17.0. The van der Waals surface area contributed by atoms with E-state index in [2.05, 4.69) is 0 Å². The Morgan fingerprint density at radius 3 is 2.54 bits per heavy atom. The highest BCUT2D eigenvalue weighted by atomic mass is 16.7. The van der Waals surface area contributed by atoms with Crippen molar-refractivity contribution in [1.29, 1.82) is 0 Å². The van der Waals surface area contributed by atoms with Crippen LogP contribution in [-0.4, -0.2) is 57.7 Å². The van der Waals surface area contributed by atoms with E-state index < -0.39 is 42.9 Å². The van der Waals surface area contributed by atoms with Gasteiger partial charge in [-0.05, 0) is 12.1 Å². The van der Waals surface area contributed by atoms with Crippen LogP contribution in [-0.2, 0) is 4.74 Å². The van der Waals surface area contributed by atoms with E-state index in [0.29, 0.717) is 16.4 Å². The zero-order chi connectivity index (χ0) is 18.4. The number of hydrogen-bond donors (Lipinski definition) is 4. The molecule has 2 aromatic heterocycles. The fourth-order valence-electron chi connectivity index (χ4n) is 3.02. The van der Waals surface area contributed by atoms with Crippen LogP contribution in [0.4, 0.5) is 0 Å². The summed E-state index contributed by atoms with van der Waals surface area (Å²) in [6, 6.07) is 5.87. The predicted octanol–water partition coefficient (Wildman–Crippen LogP) is -0.282. The molecule has 1 saturated heterocycles. The van der Waals surface area contributed by atoms with Gasteiger partial charge in [0.25, 0.3) is 0 Å². The summed E-state index contributed by atoms with van der Waals surface area (Å²) in [4.78, 5) is 11.5. The Hall–Kier alpha value is -2.43. The molecule has 1 fully saturated rings. The summed E-state index contributed by atoms with van der Waals surface area (Å²) in [5.74, 6) is 0.208. The van der Waals surface area contributed by atoms with Crippen LogP contribution >= 0.6 is 0 Å². The molecule has 0 saturated carbocycles. The van der Waals surface area contributed by atoms with Gasteiger partial charge in [-0.15, -0.1) is 0 Å². The first-order valence-electron chi connectivity index (χ1n) is 7.91. The summed E-state index contributed by atoms with van der Waals surface area (Å²) in [6.45, 7) is -0.573. The van der Waals surface area contributed by atoms with Crippen molar-refractivity contribution >= 4 is 21.9 Å². The second-order valence-electron chi connectivity index (χ2n) is 6.02. The third-order valence-corrected chi connectivity index (χ3v) is 4.39. The minimum Gasteiger partial charge on any atom is -0.464 e. The number of rotatable bonds is 3. The molecule has 4 N–H and O–H groups in total. The lowest BCUT2D eigenvalue weighted by molar-refractivity contribution is -0.277. The molecule has 1 aliphatic heterocycles. The van der Waals surface area contributed by atoms with Crippen LogP contribution in [0.3, 0.4) is 0 Å². The van der Waals surface area contributed by atoms with E-state index in [0.717, 1.165) is 0 Å². The topological polar surface area (TPSA) is 143 Å². The van der Waals surface area contributed by atoms with E-state index in [9.17, 15) is 25.2 Å². The molecule has 3 heterocycles. The lowest BCUT2D eigenvalue weighted by Crippen LogP contribution is -2.60. The van der Waals surface area contributed by atoms with Gasteiger partial charge in [-0.3, -0.25) is 0 Å². The van der Waals surface area contributed by atoms with Gasteiger partial charge in [-0.1, -0.05) is 0 Å². The molecule has 26 heavy (non-hydrogen) atoms. The Morgan fingerprint density at radius 2 is 1.77 bits per heavy atom. The Morgan fingerprint density at radius 1 is 1.00 bits per heavy atom. The van der Waals surface area contributed by atoms with Crippen molar-refractivity contribution in [2.75, 3.05) is 6.61 Å². The van der Waals surface area contributed by atoms with Crippen molar-refractivity contribution in [3.8, 4) is 5.75 Å². The quantitative estimate of drug-likeness (QED) is 0.461. The molecule has 0 spiro atoms. The second-order valence-corrected chi connectivity index (χ2v) is 6.02. The molecule has 9 nitrogen and oxygen atoms in total. The number of aliphatic hydroxyl groups excluding tert-OH is 4. The zero-order valence-electron chi connectivity index (χ0n) is 13.3. The van der Waals surface area contributed by atoms with Gasteiger partial charge in [0.15, 0.2) is 0 Å². The highest BCUT2D eigenvalue weighted by Crippen LogP contribution is 2.37. The molecule has 138 valence electrons. The van der Waals surface area contributed by atoms with Crippen LogP contribution in [0.1, 0.15) is 0 Å². The van der Waals surface area contributed by atoms with E-state index in [1.54, 1.807) is 6.07 Å². The third-order valence-electron chi connectivity index (χ3n) is 4.39. The van der Waals surface area contributed by atoms with Gasteiger partial charge in [-0.2, -0.15) is 0 Å². The first-order chi connectivity index (χ1) is 12.5. The van der Waals surface area contributed by atoms with Gasteiger partial charge < -0.3 is 38.7 Å². The molecule has 9 heteroatoms. The highest BCUT2D eigenvalue weighted by Gasteiger charge is 2.45. The van der Waals surface area contributed by atoms with Gasteiger partial charge in [0.2, 0.25) is 6.29 Å². The Kier molecular flexibility index (Phi) is 4.17. The smallest absolute Gasteiger partial charge is 0.336 e. The van der Waals surface area contributed by atoms with Gasteiger partial charge in [0, 0.05) is 12.1 Å². The normalized spacial score (nSPS) is 29.3. The second kappa shape index (κ2) is 6.38. The monoisotopic (exact) mass is 364 g/mol. The standard InChI is InChI=1S/C17H16O9/c18-6-11-13(20)14(21)15(22)17(25-11)26-16-7-1-2-12(19)24-10(7)5-9-8(16)3-4-23-9/h1-5,11,13-15,17-18,20-22H,6H2/t11-,13-,14+,15-,17-/m1/s1. The van der Waals surface area contributed by atoms with E-state index in [4.69, 9.17) is 18.3 Å². The number of fused-ring (bicyclic) bond motifs is 2. The van der Waals surface area contributed by atoms with E-state index >= 15 is 0 Å². The molecule has 0 amide bonds. The van der Waals surface area contributed by atoms with Crippen molar-refractivity contribution in [2.45, 2.75) is 30.7 Å². The predicted molar refractivity (Wildman–Crippen MR) is 86.7 cm³/mol. The van der Waals surface area contributed by atoms with Gasteiger partial charge >= 0.3 is 5.63 Å². The van der Waals surface area contributed by atoms with Crippen molar-refractivity contribution in [2.24, 2.45) is 0 Å². The average Bonchev–Trinajstić information content (AvgIpc) is 3.09. The number of benzene rings is 1. The maximum absolute atomic E-state index is 11.5. The Labute approximate surface area is 145 Å². The summed E-state index contributed by atoms with van der Waals surface area (Å²) >= 11 is 0. The molecule has 0 bridgehead atoms. The molecule has 0 aliphatic carbocycles. The van der Waals surface area contributed by atoms with Crippen LogP contribution in [0, 0.1) is 0 Å². The fourth-order valence-corrected chi connectivity index (χ4v) is 3.02. The van der Waals surface area contributed by atoms with Crippen LogP contribution < -0.4 is 10.4 Å². The summed E-state index contributed by atoms with van der Waals surface area (Å²) in [5.41, 5.74) is 0.0353. The van der Waals surface area contributed by atoms with Crippen LogP contribution in [0.25, 0.3) is 21.9 Å². The third kappa shape index (κ3) is 2.66. The molecule has 0 radical (unpaired) electrons. The summed E-state index contributed by atoms with van der Waals surface area (Å²) in [7, 11) is 0. The first-order valence-corrected chi connectivity index (χ1v) is 7.91. The zero-order valence-corrected chi connectivity index (χ0v) is 13.3. The molecule has 0 unspecified atom stereocenters. The van der Waals surface area contributed by atoms with Gasteiger partial charge in [0.05, 0.1) is 23.6 Å². The highest BCUT2D eigenvalue weighted by molar-refractivity contribution is 6.01. The Bertz CT molecular complexity index is 989. The maximum atomic E-state index is 11.5. The van der Waals surface area contributed by atoms with Crippen molar-refractivity contribution in [1.82, 2.24) is 0 Å². The van der Waals surface area contributed by atoms with E-state index in [1.165, 1.54) is 24.5 Å². The van der Waals surface area contributed by atoms with Gasteiger partial charge in [-0.25, -0.2) is 4.79 Å². The molecular weight excluding hydrogens is 348 g/mol. The van der Waals surface area contributed by atoms with Crippen LogP contribution in [0.15, 0.2) is 44.2 Å². The Balaban J connectivity index is 1.80. The van der Waals surface area contributed by atoms with Crippen LogP contribution in [0.5, 0.6) is 5.75 Å². The van der Waals surface area contributed by atoms with E-state index in [-0.39, 0.29) is 11.3 Å². The van der Waals surface area contributed by atoms with Gasteiger partial charge in [0.1, 0.15) is 41.3 Å². The SMILES string of the molecule is O=c1ccc2c(O[C@H]3O[C@H](CO)[C@@H](O)[C@H](O)[C@H]3O)c3ccoc3cc2o1. The minimum atomic E-state index is -1.57. The molecule has 4 rings (SSSR count). The number of furan rings is 1. The fraction of sp³-hybridized carbons (Fsp3) is 0.353. The molecule has 3 aromatic rings. The minimum absolute atomic E-state index is 0.208. The number of ether oxygens (including phenoxy) is 2. The summed E-state index contributed by atoms with van der Waals surface area (Å²) in [6.07, 6.45) is -5.69. The largest absolute Gasteiger partial charge is 0.464 e. The number of aliphatic hydroxyl groups is 4. The summed E-state index contributed by atoms with van der Waals surface area (Å²) in [5, 5.41) is 40.2. The molecular formula is C17H16O9. The number of hydrogen-bond acceptors (Lipinski definition) is 9. The maximum Gasteiger partial charge on any atom is 0.336 e. The van der Waals surface area contributed by atoms with Crippen molar-refractivity contribution in [3.05, 3.63) is 40.9 Å². The van der Waals surface area contributed by atoms with Crippen molar-refractivity contribution in [3.63, 3.8) is 0 Å². The van der Waals surface area contributed by atoms with Crippen molar-refractivity contribution < 1.29 is 38.7 Å².